The molecule has 1 aliphatic carbocycles. The number of carbonyl (C=O) groups excluding carboxylic acids is 2. The molecule has 0 spiro atoms. The lowest BCUT2D eigenvalue weighted by molar-refractivity contribution is -0.137. The van der Waals surface area contributed by atoms with E-state index in [0.717, 1.165) is 25.2 Å². The molecule has 1 aliphatic heterocycles. The van der Waals surface area contributed by atoms with Crippen LogP contribution in [0.2, 0.25) is 0 Å². The smallest absolute Gasteiger partial charge is 0.227 e. The maximum Gasteiger partial charge on any atom is 0.227 e. The van der Waals surface area contributed by atoms with Gasteiger partial charge in [-0.15, -0.1) is 0 Å². The van der Waals surface area contributed by atoms with Gasteiger partial charge in [0.05, 0.1) is 6.42 Å². The number of hydrogen-bond acceptors (Lipinski definition) is 3. The van der Waals surface area contributed by atoms with Gasteiger partial charge in [0.25, 0.3) is 0 Å². The molecule has 26 heavy (non-hydrogen) atoms. The molecule has 1 fully saturated rings. The molecule has 2 atom stereocenters. The zero-order valence-electron chi connectivity index (χ0n) is 15.0. The van der Waals surface area contributed by atoms with Gasteiger partial charge < -0.3 is 4.90 Å². The van der Waals surface area contributed by atoms with Crippen LogP contribution in [0.25, 0.3) is 0 Å². The van der Waals surface area contributed by atoms with Crippen LogP contribution in [0.15, 0.2) is 30.4 Å². The summed E-state index contributed by atoms with van der Waals surface area (Å²) < 4.78 is 26.5. The number of rotatable bonds is 5. The fourth-order valence-electron chi connectivity index (χ4n) is 4.00. The van der Waals surface area contributed by atoms with Gasteiger partial charge in [-0.1, -0.05) is 18.2 Å². The Hall–Kier alpha value is -2.08. The van der Waals surface area contributed by atoms with Crippen LogP contribution in [0.1, 0.15) is 31.7 Å². The van der Waals surface area contributed by atoms with Gasteiger partial charge in [0.1, 0.15) is 5.78 Å². The van der Waals surface area contributed by atoms with E-state index in [1.54, 1.807) is 4.90 Å². The summed E-state index contributed by atoms with van der Waals surface area (Å²) in [5.41, 5.74) is 0.457. The highest BCUT2D eigenvalue weighted by molar-refractivity contribution is 5.82. The van der Waals surface area contributed by atoms with Crippen molar-refractivity contribution in [3.63, 3.8) is 0 Å². The van der Waals surface area contributed by atoms with Gasteiger partial charge in [-0.25, -0.2) is 8.78 Å². The highest BCUT2D eigenvalue weighted by Gasteiger charge is 2.38. The Morgan fingerprint density at radius 1 is 1.23 bits per heavy atom. The van der Waals surface area contributed by atoms with E-state index in [4.69, 9.17) is 0 Å². The molecule has 6 heteroatoms. The van der Waals surface area contributed by atoms with Gasteiger partial charge in [0.15, 0.2) is 11.6 Å². The number of hydrogen-bond donors (Lipinski definition) is 0. The molecule has 0 aromatic heterocycles. The van der Waals surface area contributed by atoms with Crippen molar-refractivity contribution in [3.8, 4) is 0 Å². The van der Waals surface area contributed by atoms with Crippen molar-refractivity contribution in [2.24, 2.45) is 0 Å². The molecule has 0 bridgehead atoms. The third-order valence-electron chi connectivity index (χ3n) is 5.32. The van der Waals surface area contributed by atoms with E-state index in [9.17, 15) is 18.4 Å². The second-order valence-corrected chi connectivity index (χ2v) is 6.95. The largest absolute Gasteiger partial charge is 0.338 e. The highest BCUT2D eigenvalue weighted by Crippen LogP contribution is 2.27. The number of benzene rings is 1. The summed E-state index contributed by atoms with van der Waals surface area (Å²) in [5.74, 6) is -1.74. The Morgan fingerprint density at radius 3 is 2.62 bits per heavy atom. The zero-order valence-corrected chi connectivity index (χ0v) is 15.0. The fraction of sp³-hybridized carbons (Fsp3) is 0.500. The summed E-state index contributed by atoms with van der Waals surface area (Å²) in [6.45, 7) is 4.03. The van der Waals surface area contributed by atoms with Gasteiger partial charge in [0, 0.05) is 44.6 Å². The molecule has 1 saturated carbocycles. The molecule has 1 heterocycles. The Morgan fingerprint density at radius 2 is 1.96 bits per heavy atom. The van der Waals surface area contributed by atoms with Crippen molar-refractivity contribution in [2.45, 2.75) is 44.7 Å². The monoisotopic (exact) mass is 362 g/mol. The van der Waals surface area contributed by atoms with Crippen LogP contribution in [0.4, 0.5) is 8.78 Å². The van der Waals surface area contributed by atoms with E-state index < -0.39 is 11.6 Å². The first-order chi connectivity index (χ1) is 12.5. The van der Waals surface area contributed by atoms with Crippen LogP contribution in [-0.4, -0.2) is 53.2 Å². The third-order valence-corrected chi connectivity index (χ3v) is 5.32. The van der Waals surface area contributed by atoms with Crippen LogP contribution in [0.5, 0.6) is 0 Å². The van der Waals surface area contributed by atoms with Gasteiger partial charge in [-0.2, -0.15) is 0 Å². The molecular weight excluding hydrogens is 338 g/mol. The molecule has 3 rings (SSSR count). The molecule has 4 nitrogen and oxygen atoms in total. The Kier molecular flexibility index (Phi) is 5.81. The predicted molar refractivity (Wildman–Crippen MR) is 94.6 cm³/mol. The number of amides is 1. The van der Waals surface area contributed by atoms with Crippen LogP contribution >= 0.6 is 0 Å². The summed E-state index contributed by atoms with van der Waals surface area (Å²) in [7, 11) is 0. The van der Waals surface area contributed by atoms with E-state index in [2.05, 4.69) is 17.1 Å². The maximum atomic E-state index is 13.4. The third kappa shape index (κ3) is 4.01. The van der Waals surface area contributed by atoms with Gasteiger partial charge in [-0.05, 0) is 31.0 Å². The van der Waals surface area contributed by atoms with E-state index in [1.165, 1.54) is 6.07 Å². The van der Waals surface area contributed by atoms with Crippen LogP contribution in [0, 0.1) is 11.6 Å². The van der Waals surface area contributed by atoms with Crippen molar-refractivity contribution in [2.75, 3.05) is 19.6 Å². The van der Waals surface area contributed by atoms with Crippen molar-refractivity contribution in [1.82, 2.24) is 9.80 Å². The summed E-state index contributed by atoms with van der Waals surface area (Å²) >= 11 is 0. The van der Waals surface area contributed by atoms with Crippen LogP contribution < -0.4 is 0 Å². The average Bonchev–Trinajstić information content (AvgIpc) is 3.14. The lowest BCUT2D eigenvalue weighted by atomic mass is 9.86. The van der Waals surface area contributed by atoms with Crippen molar-refractivity contribution in [3.05, 3.63) is 47.5 Å². The zero-order chi connectivity index (χ0) is 18.7. The maximum absolute atomic E-state index is 13.4. The minimum atomic E-state index is -0.942. The second-order valence-electron chi connectivity index (χ2n) is 6.95. The first-order valence-electron chi connectivity index (χ1n) is 9.13. The molecule has 1 aromatic carbocycles. The Labute approximate surface area is 152 Å². The Bertz CT molecular complexity index is 712. The quantitative estimate of drug-likeness (QED) is 0.757. The van der Waals surface area contributed by atoms with Crippen molar-refractivity contribution in [1.29, 1.82) is 0 Å². The first kappa shape index (κ1) is 18.7. The van der Waals surface area contributed by atoms with Crippen LogP contribution in [-0.2, 0) is 16.0 Å². The molecule has 0 radical (unpaired) electrons. The van der Waals surface area contributed by atoms with Gasteiger partial charge >= 0.3 is 0 Å². The highest BCUT2D eigenvalue weighted by atomic mass is 19.2. The van der Waals surface area contributed by atoms with Crippen molar-refractivity contribution >= 4 is 11.7 Å². The standard InChI is InChI=1S/C20H24F2N2O2/c1-2-24(20(26)12-14-5-7-16(21)17(22)11-14)18-8-6-15(25)13-19(18)23-9-3-4-10-23/h3-5,7,11,18-19H,2,6,8-10,12-13H2,1H3. The van der Waals surface area contributed by atoms with E-state index >= 15 is 0 Å². The van der Waals surface area contributed by atoms with Gasteiger partial charge in [0.2, 0.25) is 5.91 Å². The van der Waals surface area contributed by atoms with E-state index in [-0.39, 0.29) is 30.2 Å². The molecule has 0 saturated heterocycles. The van der Waals surface area contributed by atoms with E-state index in [1.807, 2.05) is 6.92 Å². The predicted octanol–water partition coefficient (Wildman–Crippen LogP) is 2.72. The van der Waals surface area contributed by atoms with Crippen molar-refractivity contribution < 1.29 is 18.4 Å². The molecular formula is C20H24F2N2O2. The second kappa shape index (κ2) is 8.08. The summed E-state index contributed by atoms with van der Waals surface area (Å²) in [6.07, 6.45) is 5.78. The number of nitrogens with zero attached hydrogens (tertiary/aromatic N) is 2. The summed E-state index contributed by atoms with van der Waals surface area (Å²) in [5, 5.41) is 0. The number of ketones is 1. The summed E-state index contributed by atoms with van der Waals surface area (Å²) in [6, 6.07) is 3.55. The fourth-order valence-corrected chi connectivity index (χ4v) is 4.00. The lowest BCUT2D eigenvalue weighted by Crippen LogP contribution is -2.56. The number of Topliss-reactive ketones (excluding diaryl/α,β-unsaturated/α-hetero) is 1. The first-order valence-corrected chi connectivity index (χ1v) is 9.13. The molecule has 0 N–H and O–H groups in total. The number of carbonyl (C=O) groups is 2. The SMILES string of the molecule is CCN(C(=O)Cc1ccc(F)c(F)c1)C1CCC(=O)CC1N1CC=CC1. The lowest BCUT2D eigenvalue weighted by Gasteiger charge is -2.43. The van der Waals surface area contributed by atoms with Gasteiger partial charge in [-0.3, -0.25) is 14.5 Å². The normalized spacial score (nSPS) is 23.4. The molecule has 1 amide bonds. The number of halogens is 2. The molecule has 140 valence electrons. The van der Waals surface area contributed by atoms with Crippen LogP contribution in [0.3, 0.4) is 0 Å². The summed E-state index contributed by atoms with van der Waals surface area (Å²) in [4.78, 5) is 28.9. The Balaban J connectivity index is 1.75. The minimum Gasteiger partial charge on any atom is -0.338 e. The van der Waals surface area contributed by atoms with E-state index in [0.29, 0.717) is 31.4 Å². The number of likely N-dealkylation sites (N-methyl/N-ethyl adjacent to an activating group) is 1. The molecule has 2 aliphatic rings. The minimum absolute atomic E-state index is 0.0140. The molecule has 1 aromatic rings. The average molecular weight is 362 g/mol. The molecule has 2 unspecified atom stereocenters. The topological polar surface area (TPSA) is 40.6 Å².